The van der Waals surface area contributed by atoms with Crippen molar-refractivity contribution in [2.75, 3.05) is 5.75 Å². The van der Waals surface area contributed by atoms with E-state index in [1.165, 1.54) is 11.8 Å². The molecule has 0 aliphatic heterocycles. The van der Waals surface area contributed by atoms with Crippen LogP contribution in [0.25, 0.3) is 0 Å². The fourth-order valence-electron chi connectivity index (χ4n) is 2.82. The van der Waals surface area contributed by atoms with Crippen LogP contribution < -0.4 is 5.32 Å². The summed E-state index contributed by atoms with van der Waals surface area (Å²) in [5.74, 6) is 0.621. The number of rotatable bonds is 8. The number of carbonyl (C=O) groups excluding carboxylic acids is 2. The van der Waals surface area contributed by atoms with E-state index in [9.17, 15) is 9.59 Å². The van der Waals surface area contributed by atoms with Crippen molar-refractivity contribution in [3.63, 3.8) is 0 Å². The Morgan fingerprint density at radius 2 is 1.63 bits per heavy atom. The third-order valence-corrected chi connectivity index (χ3v) is 6.09. The summed E-state index contributed by atoms with van der Waals surface area (Å²) in [4.78, 5) is 27.4. The summed E-state index contributed by atoms with van der Waals surface area (Å²) in [5.41, 5.74) is 1.39. The van der Waals surface area contributed by atoms with Crippen LogP contribution in [0.15, 0.2) is 48.5 Å². The van der Waals surface area contributed by atoms with Crippen molar-refractivity contribution in [1.29, 1.82) is 0 Å². The number of hydrogen-bond donors (Lipinski definition) is 1. The Balaban J connectivity index is 2.16. The SMILES string of the molecule is C[C@@H](C(=O)NC(C)(C)C)N(Cc1c(Cl)cccc1Cl)C(=O)CSCc1ccccc1. The summed E-state index contributed by atoms with van der Waals surface area (Å²) >= 11 is 14.2. The fraction of sp³-hybridized carbons (Fsp3) is 0.391. The Hall–Kier alpha value is -1.69. The van der Waals surface area contributed by atoms with Crippen molar-refractivity contribution in [2.24, 2.45) is 0 Å². The largest absolute Gasteiger partial charge is 0.350 e. The van der Waals surface area contributed by atoms with E-state index in [4.69, 9.17) is 23.2 Å². The van der Waals surface area contributed by atoms with Crippen LogP contribution in [0.5, 0.6) is 0 Å². The van der Waals surface area contributed by atoms with Gasteiger partial charge in [-0.25, -0.2) is 0 Å². The highest BCUT2D eigenvalue weighted by Gasteiger charge is 2.29. The first kappa shape index (κ1) is 24.6. The van der Waals surface area contributed by atoms with E-state index in [1.807, 2.05) is 51.1 Å². The number of amides is 2. The van der Waals surface area contributed by atoms with Gasteiger partial charge in [-0.1, -0.05) is 59.6 Å². The topological polar surface area (TPSA) is 49.4 Å². The number of nitrogens with zero attached hydrogens (tertiary/aromatic N) is 1. The van der Waals surface area contributed by atoms with Crippen molar-refractivity contribution in [2.45, 2.75) is 51.6 Å². The van der Waals surface area contributed by atoms with Gasteiger partial charge in [-0.2, -0.15) is 0 Å². The predicted octanol–water partition coefficient (Wildman–Crippen LogP) is 5.56. The van der Waals surface area contributed by atoms with Gasteiger partial charge >= 0.3 is 0 Å². The maximum absolute atomic E-state index is 13.1. The van der Waals surface area contributed by atoms with Gasteiger partial charge in [-0.3, -0.25) is 9.59 Å². The lowest BCUT2D eigenvalue weighted by molar-refractivity contribution is -0.139. The number of thioether (sulfide) groups is 1. The van der Waals surface area contributed by atoms with E-state index in [1.54, 1.807) is 30.0 Å². The second kappa shape index (κ2) is 11.1. The molecule has 30 heavy (non-hydrogen) atoms. The van der Waals surface area contributed by atoms with Crippen LogP contribution >= 0.6 is 35.0 Å². The molecule has 0 radical (unpaired) electrons. The third-order valence-electron chi connectivity index (χ3n) is 4.39. The number of halogens is 2. The third kappa shape index (κ3) is 7.53. The Kier molecular flexibility index (Phi) is 9.08. The van der Waals surface area contributed by atoms with Crippen molar-refractivity contribution < 1.29 is 9.59 Å². The molecule has 0 heterocycles. The highest BCUT2D eigenvalue weighted by atomic mass is 35.5. The number of hydrogen-bond acceptors (Lipinski definition) is 3. The molecule has 162 valence electrons. The lowest BCUT2D eigenvalue weighted by Gasteiger charge is -2.32. The molecule has 4 nitrogen and oxygen atoms in total. The highest BCUT2D eigenvalue weighted by Crippen LogP contribution is 2.27. The first-order valence-electron chi connectivity index (χ1n) is 9.74. The van der Waals surface area contributed by atoms with Gasteiger partial charge in [-0.05, 0) is 45.4 Å². The zero-order valence-corrected chi connectivity index (χ0v) is 20.1. The number of benzene rings is 2. The summed E-state index contributed by atoms with van der Waals surface area (Å²) in [6.07, 6.45) is 0. The highest BCUT2D eigenvalue weighted by molar-refractivity contribution is 7.99. The quantitative estimate of drug-likeness (QED) is 0.553. The first-order chi connectivity index (χ1) is 14.1. The van der Waals surface area contributed by atoms with E-state index in [0.29, 0.717) is 15.6 Å². The van der Waals surface area contributed by atoms with Gasteiger partial charge in [-0.15, -0.1) is 11.8 Å². The molecule has 2 amide bonds. The second-order valence-electron chi connectivity index (χ2n) is 8.12. The number of nitrogens with one attached hydrogen (secondary N) is 1. The van der Waals surface area contributed by atoms with Crippen LogP contribution in [0.4, 0.5) is 0 Å². The predicted molar refractivity (Wildman–Crippen MR) is 127 cm³/mol. The van der Waals surface area contributed by atoms with Crippen LogP contribution in [0, 0.1) is 0 Å². The van der Waals surface area contributed by atoms with Gasteiger partial charge < -0.3 is 10.2 Å². The molecule has 1 atom stereocenters. The molecule has 0 bridgehead atoms. The molecule has 0 aromatic heterocycles. The standard InChI is InChI=1S/C23H28Cl2N2O2S/c1-16(22(29)26-23(2,3)4)27(13-18-19(24)11-8-12-20(18)25)21(28)15-30-14-17-9-6-5-7-10-17/h5-12,16H,13-15H2,1-4H3,(H,26,29)/t16-/m0/s1. The van der Waals surface area contributed by atoms with Crippen molar-refractivity contribution in [3.05, 3.63) is 69.7 Å². The average molecular weight is 467 g/mol. The molecule has 0 aliphatic rings. The minimum atomic E-state index is -0.665. The molecule has 2 aromatic rings. The molecular formula is C23H28Cl2N2O2S. The molecule has 0 spiro atoms. The van der Waals surface area contributed by atoms with Crippen molar-refractivity contribution in [1.82, 2.24) is 10.2 Å². The van der Waals surface area contributed by atoms with E-state index >= 15 is 0 Å². The minimum absolute atomic E-state index is 0.136. The van der Waals surface area contributed by atoms with Crippen molar-refractivity contribution >= 4 is 46.8 Å². The smallest absolute Gasteiger partial charge is 0.242 e. The van der Waals surface area contributed by atoms with Crippen LogP contribution in [0.3, 0.4) is 0 Å². The lowest BCUT2D eigenvalue weighted by atomic mass is 10.1. The Bertz CT molecular complexity index is 849. The second-order valence-corrected chi connectivity index (χ2v) is 9.92. The van der Waals surface area contributed by atoms with Gasteiger partial charge in [0, 0.05) is 33.4 Å². The van der Waals surface area contributed by atoms with Crippen LogP contribution in [0.2, 0.25) is 10.0 Å². The molecule has 0 aliphatic carbocycles. The molecule has 0 unspecified atom stereocenters. The van der Waals surface area contributed by atoms with Gasteiger partial charge in [0.15, 0.2) is 0 Å². The fourth-order valence-corrected chi connectivity index (χ4v) is 4.21. The maximum Gasteiger partial charge on any atom is 0.242 e. The van der Waals surface area contributed by atoms with E-state index in [2.05, 4.69) is 5.32 Å². The summed E-state index contributed by atoms with van der Waals surface area (Å²) in [5, 5.41) is 3.89. The van der Waals surface area contributed by atoms with Gasteiger partial charge in [0.25, 0.3) is 0 Å². The van der Waals surface area contributed by atoms with E-state index < -0.39 is 11.6 Å². The zero-order valence-electron chi connectivity index (χ0n) is 17.7. The molecule has 7 heteroatoms. The molecule has 0 saturated heterocycles. The Morgan fingerprint density at radius 3 is 2.20 bits per heavy atom. The van der Waals surface area contributed by atoms with Crippen LogP contribution in [0.1, 0.15) is 38.8 Å². The van der Waals surface area contributed by atoms with Crippen LogP contribution in [-0.4, -0.2) is 34.0 Å². The van der Waals surface area contributed by atoms with E-state index in [0.717, 1.165) is 11.3 Å². The molecular weight excluding hydrogens is 439 g/mol. The Morgan fingerprint density at radius 1 is 1.03 bits per heavy atom. The summed E-state index contributed by atoms with van der Waals surface area (Å²) in [7, 11) is 0. The molecule has 0 saturated carbocycles. The number of carbonyl (C=O) groups is 2. The molecule has 2 aromatic carbocycles. The van der Waals surface area contributed by atoms with Crippen molar-refractivity contribution in [3.8, 4) is 0 Å². The summed E-state index contributed by atoms with van der Waals surface area (Å²) in [6, 6.07) is 14.5. The summed E-state index contributed by atoms with van der Waals surface area (Å²) in [6.45, 7) is 7.62. The maximum atomic E-state index is 13.1. The minimum Gasteiger partial charge on any atom is -0.350 e. The van der Waals surface area contributed by atoms with E-state index in [-0.39, 0.29) is 24.1 Å². The monoisotopic (exact) mass is 466 g/mol. The molecule has 0 fully saturated rings. The van der Waals surface area contributed by atoms with Crippen LogP contribution in [-0.2, 0) is 21.9 Å². The van der Waals surface area contributed by atoms with Gasteiger partial charge in [0.2, 0.25) is 11.8 Å². The van der Waals surface area contributed by atoms with Gasteiger partial charge in [0.1, 0.15) is 6.04 Å². The molecule has 1 N–H and O–H groups in total. The first-order valence-corrected chi connectivity index (χ1v) is 11.7. The Labute approximate surface area is 193 Å². The average Bonchev–Trinajstić information content (AvgIpc) is 2.66. The summed E-state index contributed by atoms with van der Waals surface area (Å²) < 4.78 is 0. The normalized spacial score (nSPS) is 12.3. The lowest BCUT2D eigenvalue weighted by Crippen LogP contribution is -2.52. The van der Waals surface area contributed by atoms with Gasteiger partial charge in [0.05, 0.1) is 5.75 Å². The molecule has 2 rings (SSSR count). The zero-order chi connectivity index (χ0) is 22.3.